The summed E-state index contributed by atoms with van der Waals surface area (Å²) in [6.07, 6.45) is 6.08. The monoisotopic (exact) mass is 670 g/mol. The SMILES string of the molecule is Cc1cccc2c(=O)[nH]c(CCN3CCC[C@@H]3CO)cc12.Cc1cccc2c(=O)[nH]c(CCN3CCC[C@@H]3CO)cc12.O=S(=O)(O)O. The molecule has 4 heterocycles. The van der Waals surface area contributed by atoms with E-state index in [4.69, 9.17) is 17.5 Å². The summed E-state index contributed by atoms with van der Waals surface area (Å²) in [5, 5.41) is 22.3. The van der Waals surface area contributed by atoms with Gasteiger partial charge in [0.15, 0.2) is 0 Å². The van der Waals surface area contributed by atoms with E-state index in [2.05, 4.69) is 31.9 Å². The van der Waals surface area contributed by atoms with Crippen LogP contribution in [0.25, 0.3) is 21.5 Å². The van der Waals surface area contributed by atoms with Gasteiger partial charge in [-0.25, -0.2) is 0 Å². The highest BCUT2D eigenvalue weighted by Gasteiger charge is 2.24. The lowest BCUT2D eigenvalue weighted by atomic mass is 10.1. The highest BCUT2D eigenvalue weighted by atomic mass is 32.3. The van der Waals surface area contributed by atoms with Crippen LogP contribution >= 0.6 is 0 Å². The number of aliphatic hydroxyl groups is 2. The molecule has 2 fully saturated rings. The fraction of sp³-hybridized carbons (Fsp3) is 0.471. The molecule has 2 aromatic heterocycles. The van der Waals surface area contributed by atoms with Crippen LogP contribution in [0.4, 0.5) is 0 Å². The molecular weight excluding hydrogens is 624 g/mol. The van der Waals surface area contributed by atoms with Gasteiger partial charge in [-0.15, -0.1) is 0 Å². The van der Waals surface area contributed by atoms with Gasteiger partial charge in [0, 0.05) is 60.2 Å². The number of hydrogen-bond acceptors (Lipinski definition) is 8. The molecule has 0 bridgehead atoms. The number of aliphatic hydroxyl groups excluding tert-OH is 2. The molecular formula is C34H46N4O8S. The first-order valence-electron chi connectivity index (χ1n) is 16.0. The van der Waals surface area contributed by atoms with E-state index in [1.54, 1.807) is 0 Å². The lowest BCUT2D eigenvalue weighted by Gasteiger charge is -2.22. The highest BCUT2D eigenvalue weighted by molar-refractivity contribution is 7.79. The second-order valence-electron chi connectivity index (χ2n) is 12.3. The number of nitrogens with one attached hydrogen (secondary N) is 2. The maximum atomic E-state index is 12.2. The lowest BCUT2D eigenvalue weighted by molar-refractivity contribution is 0.160. The van der Waals surface area contributed by atoms with Crippen molar-refractivity contribution >= 4 is 31.9 Å². The summed E-state index contributed by atoms with van der Waals surface area (Å²) in [7, 11) is -4.67. The number of rotatable bonds is 8. The first-order chi connectivity index (χ1) is 22.4. The maximum Gasteiger partial charge on any atom is 0.394 e. The van der Waals surface area contributed by atoms with Crippen LogP contribution in [0.2, 0.25) is 0 Å². The molecule has 4 aromatic rings. The van der Waals surface area contributed by atoms with Crippen LogP contribution in [0.5, 0.6) is 0 Å². The van der Waals surface area contributed by atoms with Crippen LogP contribution in [0, 0.1) is 13.8 Å². The summed E-state index contributed by atoms with van der Waals surface area (Å²) in [6.45, 7) is 8.39. The molecule has 6 N–H and O–H groups in total. The molecule has 0 amide bonds. The van der Waals surface area contributed by atoms with Crippen LogP contribution < -0.4 is 11.1 Å². The summed E-state index contributed by atoms with van der Waals surface area (Å²) < 4.78 is 31.6. The van der Waals surface area contributed by atoms with Gasteiger partial charge in [-0.1, -0.05) is 24.3 Å². The van der Waals surface area contributed by atoms with Crippen molar-refractivity contribution in [2.75, 3.05) is 39.4 Å². The minimum absolute atomic E-state index is 0.00803. The third kappa shape index (κ3) is 10.3. The first-order valence-corrected chi connectivity index (χ1v) is 17.4. The summed E-state index contributed by atoms with van der Waals surface area (Å²) >= 11 is 0. The fourth-order valence-electron chi connectivity index (χ4n) is 6.58. The average Bonchev–Trinajstić information content (AvgIpc) is 3.68. The number of aromatic amines is 2. The van der Waals surface area contributed by atoms with Crippen molar-refractivity contribution in [1.82, 2.24) is 19.8 Å². The Kier molecular flexibility index (Phi) is 12.9. The number of hydrogen-bond donors (Lipinski definition) is 6. The Bertz CT molecular complexity index is 1740. The number of likely N-dealkylation sites (tertiary alicyclic amines) is 2. The molecule has 2 aliphatic heterocycles. The van der Waals surface area contributed by atoms with Crippen molar-refractivity contribution in [1.29, 1.82) is 0 Å². The number of pyridine rings is 2. The zero-order chi connectivity index (χ0) is 34.1. The Hall–Kier alpha value is -3.43. The van der Waals surface area contributed by atoms with Gasteiger partial charge in [0.2, 0.25) is 0 Å². The second-order valence-corrected chi connectivity index (χ2v) is 13.2. The molecule has 0 spiro atoms. The van der Waals surface area contributed by atoms with E-state index >= 15 is 0 Å². The van der Waals surface area contributed by atoms with Crippen molar-refractivity contribution in [2.24, 2.45) is 0 Å². The van der Waals surface area contributed by atoms with Gasteiger partial charge in [0.05, 0.1) is 13.2 Å². The quantitative estimate of drug-likeness (QED) is 0.152. The van der Waals surface area contributed by atoms with Crippen molar-refractivity contribution < 1.29 is 27.7 Å². The third-order valence-electron chi connectivity index (χ3n) is 9.08. The van der Waals surface area contributed by atoms with Crippen LogP contribution in [-0.2, 0) is 23.2 Å². The van der Waals surface area contributed by atoms with Gasteiger partial charge in [-0.05, 0) is 98.8 Å². The first kappa shape index (κ1) is 36.4. The second kappa shape index (κ2) is 16.6. The Balaban J connectivity index is 0.000000186. The third-order valence-corrected chi connectivity index (χ3v) is 9.08. The molecule has 0 radical (unpaired) electrons. The van der Waals surface area contributed by atoms with Crippen molar-refractivity contribution in [3.8, 4) is 0 Å². The summed E-state index contributed by atoms with van der Waals surface area (Å²) in [5.74, 6) is 0. The summed E-state index contributed by atoms with van der Waals surface area (Å²) in [6, 6.07) is 16.4. The number of aryl methyl sites for hydroxylation is 2. The molecule has 12 nitrogen and oxygen atoms in total. The molecule has 2 saturated heterocycles. The van der Waals surface area contributed by atoms with Gasteiger partial charge >= 0.3 is 10.4 Å². The van der Waals surface area contributed by atoms with Gasteiger partial charge in [-0.3, -0.25) is 28.5 Å². The molecule has 6 rings (SSSR count). The number of nitrogens with zero attached hydrogens (tertiary/aromatic N) is 2. The van der Waals surface area contributed by atoms with Crippen LogP contribution in [0.15, 0.2) is 58.1 Å². The number of aromatic nitrogens is 2. The molecule has 2 aromatic carbocycles. The lowest BCUT2D eigenvalue weighted by Crippen LogP contribution is -2.34. The maximum absolute atomic E-state index is 12.2. The standard InChI is InChI=1S/2C17H22N2O2.H2O4S/c2*1-12-4-2-6-15-16(12)10-13(18-17(15)21)7-9-19-8-3-5-14(19)11-20;1-5(2,3)4/h2*2,4,6,10,14,20H,3,5,7-9,11H2,1H3,(H,18,21);(H2,1,2,3,4)/t2*14-;/m11./s1. The number of fused-ring (bicyclic) bond motifs is 2. The van der Waals surface area contributed by atoms with Crippen molar-refractivity contribution in [2.45, 2.75) is 64.5 Å². The van der Waals surface area contributed by atoms with Gasteiger partial charge in [0.1, 0.15) is 0 Å². The van der Waals surface area contributed by atoms with Gasteiger partial charge in [-0.2, -0.15) is 8.42 Å². The van der Waals surface area contributed by atoms with Crippen LogP contribution in [0.3, 0.4) is 0 Å². The minimum atomic E-state index is -4.67. The van der Waals surface area contributed by atoms with Crippen molar-refractivity contribution in [3.63, 3.8) is 0 Å². The predicted octanol–water partition coefficient (Wildman–Crippen LogP) is 3.02. The largest absolute Gasteiger partial charge is 0.395 e. The predicted molar refractivity (Wildman–Crippen MR) is 184 cm³/mol. The molecule has 256 valence electrons. The summed E-state index contributed by atoms with van der Waals surface area (Å²) in [5.41, 5.74) is 4.21. The zero-order valence-corrected chi connectivity index (χ0v) is 27.8. The smallest absolute Gasteiger partial charge is 0.394 e. The number of benzene rings is 2. The van der Waals surface area contributed by atoms with E-state index in [1.807, 2.05) is 50.2 Å². The topological polar surface area (TPSA) is 187 Å². The van der Waals surface area contributed by atoms with E-state index in [0.717, 1.165) is 109 Å². The molecule has 0 saturated carbocycles. The van der Waals surface area contributed by atoms with E-state index in [0.29, 0.717) is 12.1 Å². The van der Waals surface area contributed by atoms with E-state index in [9.17, 15) is 19.8 Å². The molecule has 0 aliphatic carbocycles. The molecule has 47 heavy (non-hydrogen) atoms. The van der Waals surface area contributed by atoms with Gasteiger partial charge < -0.3 is 20.2 Å². The van der Waals surface area contributed by atoms with Crippen LogP contribution in [-0.4, -0.2) is 99.0 Å². The van der Waals surface area contributed by atoms with Crippen molar-refractivity contribution in [3.05, 3.63) is 91.8 Å². The minimum Gasteiger partial charge on any atom is -0.395 e. The Morgan fingerprint density at radius 3 is 1.45 bits per heavy atom. The van der Waals surface area contributed by atoms with E-state index in [1.165, 1.54) is 0 Å². The Labute approximate surface area is 274 Å². The van der Waals surface area contributed by atoms with Crippen LogP contribution in [0.1, 0.15) is 48.2 Å². The van der Waals surface area contributed by atoms with E-state index in [-0.39, 0.29) is 24.3 Å². The normalized spacial score (nSPS) is 18.6. The average molecular weight is 671 g/mol. The molecule has 2 atom stereocenters. The van der Waals surface area contributed by atoms with Gasteiger partial charge in [0.25, 0.3) is 11.1 Å². The fourth-order valence-corrected chi connectivity index (χ4v) is 6.58. The van der Waals surface area contributed by atoms with E-state index < -0.39 is 10.4 Å². The Morgan fingerprint density at radius 2 is 1.09 bits per heavy atom. The summed E-state index contributed by atoms with van der Waals surface area (Å²) in [4.78, 5) is 34.9. The molecule has 13 heteroatoms. The Morgan fingerprint density at radius 1 is 0.702 bits per heavy atom. The zero-order valence-electron chi connectivity index (χ0n) is 27.0. The number of H-pyrrole nitrogens is 2. The molecule has 0 unspecified atom stereocenters. The highest BCUT2D eigenvalue weighted by Crippen LogP contribution is 2.20. The molecule has 2 aliphatic rings.